The van der Waals surface area contributed by atoms with Crippen LogP contribution in [0.15, 0.2) is 22.7 Å². The Morgan fingerprint density at radius 1 is 1.35 bits per heavy atom. The van der Waals surface area contributed by atoms with Gasteiger partial charge in [0.1, 0.15) is 0 Å². The standard InChI is InChI=1S/C17H22ClN5O2S/c1-12-19-16(21-25-12)10-26-11-17(24)20-14-9-13(18)3-4-15(14)23-7-5-22(2)6-8-23/h3-4,9H,5-8,10-11H2,1-2H3,(H,20,24). The minimum absolute atomic E-state index is 0.0761. The highest BCUT2D eigenvalue weighted by Gasteiger charge is 2.18. The van der Waals surface area contributed by atoms with Gasteiger partial charge in [-0.25, -0.2) is 0 Å². The summed E-state index contributed by atoms with van der Waals surface area (Å²) in [4.78, 5) is 21.0. The van der Waals surface area contributed by atoms with E-state index >= 15 is 0 Å². The molecule has 0 bridgehead atoms. The Balaban J connectivity index is 1.59. The molecule has 0 spiro atoms. The van der Waals surface area contributed by atoms with Crippen LogP contribution in [0, 0.1) is 6.92 Å². The van der Waals surface area contributed by atoms with Crippen molar-refractivity contribution in [2.24, 2.45) is 0 Å². The number of anilines is 2. The first-order valence-electron chi connectivity index (χ1n) is 8.41. The Labute approximate surface area is 162 Å². The molecule has 1 saturated heterocycles. The van der Waals surface area contributed by atoms with E-state index in [2.05, 4.69) is 32.3 Å². The first kappa shape index (κ1) is 19.0. The molecule has 2 aromatic rings. The number of carbonyl (C=O) groups excluding carboxylic acids is 1. The monoisotopic (exact) mass is 395 g/mol. The molecule has 26 heavy (non-hydrogen) atoms. The van der Waals surface area contributed by atoms with Crippen molar-refractivity contribution >= 4 is 40.6 Å². The molecule has 1 aliphatic heterocycles. The van der Waals surface area contributed by atoms with E-state index in [4.69, 9.17) is 16.1 Å². The predicted octanol–water partition coefficient (Wildman–Crippen LogP) is 2.66. The van der Waals surface area contributed by atoms with Crippen molar-refractivity contribution in [1.82, 2.24) is 15.0 Å². The molecular weight excluding hydrogens is 374 g/mol. The van der Waals surface area contributed by atoms with Crippen molar-refractivity contribution < 1.29 is 9.32 Å². The van der Waals surface area contributed by atoms with Gasteiger partial charge in [0.15, 0.2) is 5.82 Å². The van der Waals surface area contributed by atoms with Crippen LogP contribution < -0.4 is 10.2 Å². The number of amides is 1. The van der Waals surface area contributed by atoms with Gasteiger partial charge in [0.25, 0.3) is 0 Å². The Morgan fingerprint density at radius 3 is 2.81 bits per heavy atom. The molecule has 0 atom stereocenters. The first-order valence-corrected chi connectivity index (χ1v) is 9.94. The second-order valence-electron chi connectivity index (χ2n) is 6.22. The molecular formula is C17H22ClN5O2S. The molecule has 0 aliphatic carbocycles. The molecule has 0 radical (unpaired) electrons. The molecule has 1 amide bonds. The van der Waals surface area contributed by atoms with Gasteiger partial charge in [-0.15, -0.1) is 11.8 Å². The first-order chi connectivity index (χ1) is 12.5. The number of hydrogen-bond donors (Lipinski definition) is 1. The minimum Gasteiger partial charge on any atom is -0.367 e. The number of aryl methyl sites for hydroxylation is 1. The zero-order valence-corrected chi connectivity index (χ0v) is 16.4. The average Bonchev–Trinajstić information content (AvgIpc) is 3.01. The smallest absolute Gasteiger partial charge is 0.234 e. The van der Waals surface area contributed by atoms with Crippen molar-refractivity contribution in [3.63, 3.8) is 0 Å². The predicted molar refractivity (Wildman–Crippen MR) is 105 cm³/mol. The van der Waals surface area contributed by atoms with Gasteiger partial charge in [-0.05, 0) is 25.2 Å². The van der Waals surface area contributed by atoms with Crippen LogP contribution in [0.5, 0.6) is 0 Å². The molecule has 1 aromatic heterocycles. The van der Waals surface area contributed by atoms with Crippen LogP contribution in [0.2, 0.25) is 5.02 Å². The van der Waals surface area contributed by atoms with E-state index in [1.165, 1.54) is 11.8 Å². The van der Waals surface area contributed by atoms with Crippen LogP contribution in [0.4, 0.5) is 11.4 Å². The van der Waals surface area contributed by atoms with Crippen molar-refractivity contribution in [2.75, 3.05) is 49.2 Å². The number of nitrogens with one attached hydrogen (secondary N) is 1. The minimum atomic E-state index is -0.0761. The number of aromatic nitrogens is 2. The van der Waals surface area contributed by atoms with Gasteiger partial charge < -0.3 is 19.6 Å². The molecule has 1 aromatic carbocycles. The zero-order chi connectivity index (χ0) is 18.5. The molecule has 140 valence electrons. The second kappa shape index (κ2) is 8.75. The molecule has 1 N–H and O–H groups in total. The highest BCUT2D eigenvalue weighted by Crippen LogP contribution is 2.30. The summed E-state index contributed by atoms with van der Waals surface area (Å²) >= 11 is 7.58. The summed E-state index contributed by atoms with van der Waals surface area (Å²) in [6, 6.07) is 5.64. The lowest BCUT2D eigenvalue weighted by atomic mass is 10.2. The fourth-order valence-electron chi connectivity index (χ4n) is 2.75. The summed E-state index contributed by atoms with van der Waals surface area (Å²) in [6.07, 6.45) is 0. The van der Waals surface area contributed by atoms with Crippen LogP contribution in [0.1, 0.15) is 11.7 Å². The normalized spacial score (nSPS) is 15.3. The molecule has 0 unspecified atom stereocenters. The summed E-state index contributed by atoms with van der Waals surface area (Å²) in [5.41, 5.74) is 1.76. The van der Waals surface area contributed by atoms with Gasteiger partial charge in [-0.1, -0.05) is 16.8 Å². The number of piperazine rings is 1. The average molecular weight is 396 g/mol. The second-order valence-corrected chi connectivity index (χ2v) is 7.64. The Hall–Kier alpha value is -1.77. The number of rotatable bonds is 6. The summed E-state index contributed by atoms with van der Waals surface area (Å²) in [6.45, 7) is 5.58. The lowest BCUT2D eigenvalue weighted by Gasteiger charge is -2.35. The quantitative estimate of drug-likeness (QED) is 0.805. The fraction of sp³-hybridized carbons (Fsp3) is 0.471. The SMILES string of the molecule is Cc1nc(CSCC(=O)Nc2cc(Cl)ccc2N2CCN(C)CC2)no1. The Kier molecular flexibility index (Phi) is 6.39. The molecule has 3 rings (SSSR count). The third kappa shape index (κ3) is 5.12. The van der Waals surface area contributed by atoms with E-state index < -0.39 is 0 Å². The summed E-state index contributed by atoms with van der Waals surface area (Å²) in [5.74, 6) is 1.89. The summed E-state index contributed by atoms with van der Waals surface area (Å²) in [7, 11) is 2.12. The van der Waals surface area contributed by atoms with E-state index in [1.54, 1.807) is 13.0 Å². The number of thioether (sulfide) groups is 1. The van der Waals surface area contributed by atoms with E-state index in [-0.39, 0.29) is 5.91 Å². The zero-order valence-electron chi connectivity index (χ0n) is 14.9. The van der Waals surface area contributed by atoms with Crippen molar-refractivity contribution in [2.45, 2.75) is 12.7 Å². The van der Waals surface area contributed by atoms with E-state index in [9.17, 15) is 4.79 Å². The number of hydrogen-bond acceptors (Lipinski definition) is 7. The maximum Gasteiger partial charge on any atom is 0.234 e. The van der Waals surface area contributed by atoms with Crippen molar-refractivity contribution in [3.05, 3.63) is 34.9 Å². The molecule has 7 nitrogen and oxygen atoms in total. The van der Waals surface area contributed by atoms with Gasteiger partial charge in [0.2, 0.25) is 11.8 Å². The number of benzene rings is 1. The van der Waals surface area contributed by atoms with Crippen LogP contribution >= 0.6 is 23.4 Å². The fourth-order valence-corrected chi connectivity index (χ4v) is 3.58. The lowest BCUT2D eigenvalue weighted by molar-refractivity contribution is -0.113. The highest BCUT2D eigenvalue weighted by molar-refractivity contribution is 7.99. The highest BCUT2D eigenvalue weighted by atomic mass is 35.5. The lowest BCUT2D eigenvalue weighted by Crippen LogP contribution is -2.44. The number of halogens is 1. The largest absolute Gasteiger partial charge is 0.367 e. The Morgan fingerprint density at radius 2 is 2.12 bits per heavy atom. The van der Waals surface area contributed by atoms with E-state index in [0.717, 1.165) is 37.6 Å². The summed E-state index contributed by atoms with van der Waals surface area (Å²) in [5, 5.41) is 7.42. The van der Waals surface area contributed by atoms with E-state index in [1.807, 2.05) is 12.1 Å². The molecule has 0 saturated carbocycles. The van der Waals surface area contributed by atoms with Gasteiger partial charge in [-0.3, -0.25) is 4.79 Å². The molecule has 2 heterocycles. The van der Waals surface area contributed by atoms with Crippen LogP contribution in [0.3, 0.4) is 0 Å². The van der Waals surface area contributed by atoms with Crippen LogP contribution in [0.25, 0.3) is 0 Å². The van der Waals surface area contributed by atoms with Gasteiger partial charge in [-0.2, -0.15) is 4.98 Å². The van der Waals surface area contributed by atoms with Crippen molar-refractivity contribution in [1.29, 1.82) is 0 Å². The summed E-state index contributed by atoms with van der Waals surface area (Å²) < 4.78 is 4.92. The number of carbonyl (C=O) groups is 1. The Bertz CT molecular complexity index is 761. The van der Waals surface area contributed by atoms with Crippen LogP contribution in [-0.4, -0.2) is 59.9 Å². The maximum absolute atomic E-state index is 12.3. The molecule has 1 aliphatic rings. The van der Waals surface area contributed by atoms with Gasteiger partial charge in [0.05, 0.1) is 22.9 Å². The number of likely N-dealkylation sites (N-methyl/N-ethyl adjacent to an activating group) is 1. The van der Waals surface area contributed by atoms with Crippen molar-refractivity contribution in [3.8, 4) is 0 Å². The van der Waals surface area contributed by atoms with E-state index in [0.29, 0.717) is 28.2 Å². The molecule has 1 fully saturated rings. The van der Waals surface area contributed by atoms with Crippen LogP contribution in [-0.2, 0) is 10.5 Å². The third-order valence-electron chi connectivity index (χ3n) is 4.11. The van der Waals surface area contributed by atoms with Gasteiger partial charge in [0, 0.05) is 38.1 Å². The maximum atomic E-state index is 12.3. The molecule has 9 heteroatoms. The topological polar surface area (TPSA) is 74.5 Å². The van der Waals surface area contributed by atoms with Gasteiger partial charge >= 0.3 is 0 Å². The number of nitrogens with zero attached hydrogens (tertiary/aromatic N) is 4. The third-order valence-corrected chi connectivity index (χ3v) is 5.27.